The van der Waals surface area contributed by atoms with E-state index in [1.165, 1.54) is 12.1 Å². The smallest absolute Gasteiger partial charge is 0.129 e. The van der Waals surface area contributed by atoms with Gasteiger partial charge in [-0.05, 0) is 44.8 Å². The monoisotopic (exact) mass is 205 g/mol. The van der Waals surface area contributed by atoms with Crippen LogP contribution in [0.4, 0.5) is 0 Å². The van der Waals surface area contributed by atoms with Crippen molar-refractivity contribution in [2.45, 2.75) is 33.1 Å². The van der Waals surface area contributed by atoms with E-state index in [9.17, 15) is 0 Å². The molecule has 1 unspecified atom stereocenters. The van der Waals surface area contributed by atoms with Gasteiger partial charge >= 0.3 is 0 Å². The number of hydrogen-bond donors (Lipinski definition) is 1. The van der Waals surface area contributed by atoms with E-state index in [1.807, 2.05) is 0 Å². The number of nitrogens with zero attached hydrogens (tertiary/aromatic N) is 2. The molecule has 0 aromatic carbocycles. The van der Waals surface area contributed by atoms with Crippen molar-refractivity contribution in [2.24, 2.45) is 5.92 Å². The first-order chi connectivity index (χ1) is 7.28. The average molecular weight is 205 g/mol. The molecule has 1 N–H and O–H groups in total. The predicted octanol–water partition coefficient (Wildman–Crippen LogP) is 1.50. The molecule has 0 spiro atoms. The predicted molar refractivity (Wildman–Crippen MR) is 60.8 cm³/mol. The molecule has 3 nitrogen and oxygen atoms in total. The maximum Gasteiger partial charge on any atom is 0.129 e. The molecule has 1 aromatic rings. The molecular formula is C12H19N3. The summed E-state index contributed by atoms with van der Waals surface area (Å²) in [5.41, 5.74) is 2.27. The summed E-state index contributed by atoms with van der Waals surface area (Å²) in [6.07, 6.45) is 3.29. The summed E-state index contributed by atoms with van der Waals surface area (Å²) in [6, 6.07) is 2.08. The van der Waals surface area contributed by atoms with Crippen molar-refractivity contribution in [1.29, 1.82) is 0 Å². The van der Waals surface area contributed by atoms with E-state index < -0.39 is 0 Å². The number of hydrogen-bond acceptors (Lipinski definition) is 3. The molecule has 2 heterocycles. The van der Waals surface area contributed by atoms with Gasteiger partial charge in [0, 0.05) is 17.8 Å². The summed E-state index contributed by atoms with van der Waals surface area (Å²) < 4.78 is 0. The van der Waals surface area contributed by atoms with Gasteiger partial charge in [-0.2, -0.15) is 0 Å². The van der Waals surface area contributed by atoms with Crippen molar-refractivity contribution >= 4 is 0 Å². The Morgan fingerprint density at radius 1 is 1.47 bits per heavy atom. The Bertz CT molecular complexity index is 330. The van der Waals surface area contributed by atoms with Crippen LogP contribution in [0.3, 0.4) is 0 Å². The highest BCUT2D eigenvalue weighted by molar-refractivity contribution is 5.10. The van der Waals surface area contributed by atoms with Crippen molar-refractivity contribution < 1.29 is 0 Å². The highest BCUT2D eigenvalue weighted by Gasteiger charge is 2.16. The van der Waals surface area contributed by atoms with Crippen LogP contribution in [-0.4, -0.2) is 23.1 Å². The van der Waals surface area contributed by atoms with Crippen LogP contribution in [0.2, 0.25) is 0 Å². The molecule has 1 aromatic heterocycles. The van der Waals surface area contributed by atoms with Crippen LogP contribution in [0.25, 0.3) is 0 Å². The second-order valence-corrected chi connectivity index (χ2v) is 4.33. The van der Waals surface area contributed by atoms with Gasteiger partial charge in [-0.3, -0.25) is 0 Å². The number of nitrogens with one attached hydrogen (secondary N) is 1. The molecule has 1 fully saturated rings. The van der Waals surface area contributed by atoms with Gasteiger partial charge in [0.2, 0.25) is 0 Å². The number of rotatable bonds is 3. The quantitative estimate of drug-likeness (QED) is 0.812. The molecule has 0 radical (unpaired) electrons. The first kappa shape index (κ1) is 10.6. The summed E-state index contributed by atoms with van der Waals surface area (Å²) in [4.78, 5) is 9.08. The van der Waals surface area contributed by atoms with Crippen LogP contribution in [0.1, 0.15) is 30.6 Å². The summed E-state index contributed by atoms with van der Waals surface area (Å²) in [7, 11) is 0. The molecule has 82 valence electrons. The SMILES string of the molecule is CCc1cc(C)nc(CC2CCNC2)n1. The number of aromatic nitrogens is 2. The van der Waals surface area contributed by atoms with Gasteiger partial charge < -0.3 is 5.32 Å². The minimum atomic E-state index is 0.733. The summed E-state index contributed by atoms with van der Waals surface area (Å²) in [5.74, 6) is 1.76. The van der Waals surface area contributed by atoms with Crippen LogP contribution in [-0.2, 0) is 12.8 Å². The normalized spacial score (nSPS) is 20.8. The van der Waals surface area contributed by atoms with E-state index in [0.717, 1.165) is 43.4 Å². The van der Waals surface area contributed by atoms with Crippen molar-refractivity contribution in [2.75, 3.05) is 13.1 Å². The molecule has 1 saturated heterocycles. The van der Waals surface area contributed by atoms with Crippen LogP contribution in [0.15, 0.2) is 6.07 Å². The van der Waals surface area contributed by atoms with Crippen LogP contribution >= 0.6 is 0 Å². The Labute approximate surface area is 91.3 Å². The van der Waals surface area contributed by atoms with E-state index in [2.05, 4.69) is 35.2 Å². The van der Waals surface area contributed by atoms with Gasteiger partial charge in [-0.15, -0.1) is 0 Å². The van der Waals surface area contributed by atoms with Gasteiger partial charge in [-0.25, -0.2) is 9.97 Å². The van der Waals surface area contributed by atoms with E-state index in [4.69, 9.17) is 0 Å². The van der Waals surface area contributed by atoms with Crippen molar-refractivity contribution in [3.8, 4) is 0 Å². The Morgan fingerprint density at radius 2 is 2.33 bits per heavy atom. The lowest BCUT2D eigenvalue weighted by Crippen LogP contribution is -2.13. The molecule has 15 heavy (non-hydrogen) atoms. The second kappa shape index (κ2) is 4.71. The van der Waals surface area contributed by atoms with Gasteiger partial charge in [-0.1, -0.05) is 6.92 Å². The van der Waals surface area contributed by atoms with Crippen LogP contribution in [0, 0.1) is 12.8 Å². The molecule has 3 heteroatoms. The topological polar surface area (TPSA) is 37.8 Å². The fraction of sp³-hybridized carbons (Fsp3) is 0.667. The lowest BCUT2D eigenvalue weighted by atomic mass is 10.0. The fourth-order valence-corrected chi connectivity index (χ4v) is 2.12. The van der Waals surface area contributed by atoms with E-state index in [1.54, 1.807) is 0 Å². The Morgan fingerprint density at radius 3 is 3.00 bits per heavy atom. The maximum atomic E-state index is 4.58. The van der Waals surface area contributed by atoms with Crippen molar-refractivity contribution in [3.05, 3.63) is 23.3 Å². The second-order valence-electron chi connectivity index (χ2n) is 4.33. The average Bonchev–Trinajstić information content (AvgIpc) is 2.69. The van der Waals surface area contributed by atoms with Gasteiger partial charge in [0.1, 0.15) is 5.82 Å². The minimum Gasteiger partial charge on any atom is -0.316 e. The maximum absolute atomic E-state index is 4.58. The lowest BCUT2D eigenvalue weighted by Gasteiger charge is -2.08. The third kappa shape index (κ3) is 2.75. The molecule has 1 aliphatic heterocycles. The standard InChI is InChI=1S/C12H19N3/c1-3-11-6-9(2)14-12(15-11)7-10-4-5-13-8-10/h6,10,13H,3-5,7-8H2,1-2H3. The van der Waals surface area contributed by atoms with Gasteiger partial charge in [0.15, 0.2) is 0 Å². The van der Waals surface area contributed by atoms with E-state index in [0.29, 0.717) is 0 Å². The Kier molecular flexibility index (Phi) is 3.31. The molecule has 0 aliphatic carbocycles. The highest BCUT2D eigenvalue weighted by atomic mass is 14.9. The van der Waals surface area contributed by atoms with E-state index in [-0.39, 0.29) is 0 Å². The minimum absolute atomic E-state index is 0.733. The Hall–Kier alpha value is -0.960. The molecule has 1 aliphatic rings. The molecular weight excluding hydrogens is 186 g/mol. The zero-order valence-corrected chi connectivity index (χ0v) is 9.58. The van der Waals surface area contributed by atoms with E-state index >= 15 is 0 Å². The third-order valence-electron chi connectivity index (χ3n) is 2.95. The van der Waals surface area contributed by atoms with Gasteiger partial charge in [0.05, 0.1) is 0 Å². The summed E-state index contributed by atoms with van der Waals surface area (Å²) in [6.45, 7) is 6.47. The van der Waals surface area contributed by atoms with Crippen LogP contribution in [0.5, 0.6) is 0 Å². The molecule has 0 amide bonds. The molecule has 1 atom stereocenters. The Balaban J connectivity index is 2.09. The van der Waals surface area contributed by atoms with Crippen molar-refractivity contribution in [1.82, 2.24) is 15.3 Å². The first-order valence-corrected chi connectivity index (χ1v) is 5.82. The highest BCUT2D eigenvalue weighted by Crippen LogP contribution is 2.13. The van der Waals surface area contributed by atoms with Crippen LogP contribution < -0.4 is 5.32 Å². The molecule has 0 bridgehead atoms. The first-order valence-electron chi connectivity index (χ1n) is 5.82. The lowest BCUT2D eigenvalue weighted by molar-refractivity contribution is 0.558. The zero-order chi connectivity index (χ0) is 10.7. The van der Waals surface area contributed by atoms with Crippen molar-refractivity contribution in [3.63, 3.8) is 0 Å². The fourth-order valence-electron chi connectivity index (χ4n) is 2.12. The molecule has 0 saturated carbocycles. The summed E-state index contributed by atoms with van der Waals surface area (Å²) >= 11 is 0. The summed E-state index contributed by atoms with van der Waals surface area (Å²) in [5, 5.41) is 3.38. The molecule has 2 rings (SSSR count). The largest absolute Gasteiger partial charge is 0.316 e. The van der Waals surface area contributed by atoms with Gasteiger partial charge in [0.25, 0.3) is 0 Å². The third-order valence-corrected chi connectivity index (χ3v) is 2.95. The number of aryl methyl sites for hydroxylation is 2. The zero-order valence-electron chi connectivity index (χ0n) is 9.58.